The minimum absolute atomic E-state index is 0.0373. The van der Waals surface area contributed by atoms with Gasteiger partial charge in [0, 0.05) is 11.3 Å². The normalized spacial score (nSPS) is 10.1. The van der Waals surface area contributed by atoms with Gasteiger partial charge in [-0.3, -0.25) is 4.79 Å². The summed E-state index contributed by atoms with van der Waals surface area (Å²) in [7, 11) is 0. The number of thioether (sulfide) groups is 1. The molecule has 0 bridgehead atoms. The molecule has 3 N–H and O–H groups in total. The van der Waals surface area contributed by atoms with Gasteiger partial charge in [0.15, 0.2) is 5.78 Å². The molecule has 14 heavy (non-hydrogen) atoms. The molecule has 0 aliphatic carbocycles. The van der Waals surface area contributed by atoms with Crippen molar-refractivity contribution in [2.75, 3.05) is 12.8 Å². The van der Waals surface area contributed by atoms with Crippen LogP contribution in [-0.4, -0.2) is 23.7 Å². The van der Waals surface area contributed by atoms with Crippen LogP contribution >= 0.6 is 11.8 Å². The molecule has 0 radical (unpaired) electrons. The third-order valence-electron chi connectivity index (χ3n) is 1.87. The number of rotatable bonds is 4. The lowest BCUT2D eigenvalue weighted by Gasteiger charge is -2.07. The van der Waals surface area contributed by atoms with E-state index in [0.717, 1.165) is 4.90 Å². The third kappa shape index (κ3) is 2.27. The first-order valence-electron chi connectivity index (χ1n) is 4.30. The number of hydrogen-bond acceptors (Lipinski definition) is 4. The second-order valence-corrected chi connectivity index (χ2v) is 3.66. The number of nitrogens with two attached hydrogens (primary N) is 1. The van der Waals surface area contributed by atoms with Gasteiger partial charge in [0.2, 0.25) is 0 Å². The summed E-state index contributed by atoms with van der Waals surface area (Å²) >= 11 is 1.44. The Morgan fingerprint density at radius 3 is 2.86 bits per heavy atom. The number of carbonyl (C=O) groups is 1. The van der Waals surface area contributed by atoms with E-state index >= 15 is 0 Å². The van der Waals surface area contributed by atoms with Gasteiger partial charge in [0.25, 0.3) is 0 Å². The number of phenolic OH excluding ortho intramolecular Hbond substituents is 1. The average molecular weight is 211 g/mol. The highest BCUT2D eigenvalue weighted by molar-refractivity contribution is 7.98. The highest BCUT2D eigenvalue weighted by Crippen LogP contribution is 2.28. The largest absolute Gasteiger partial charge is 0.507 e. The fraction of sp³-hybridized carbons (Fsp3) is 0.300. The minimum atomic E-state index is -0.102. The SMILES string of the molecule is CSc1cccc(O)c1C(=O)CCN. The molecule has 3 nitrogen and oxygen atoms in total. The van der Waals surface area contributed by atoms with E-state index in [2.05, 4.69) is 0 Å². The zero-order valence-electron chi connectivity index (χ0n) is 7.99. The summed E-state index contributed by atoms with van der Waals surface area (Å²) in [5.41, 5.74) is 5.69. The fourth-order valence-corrected chi connectivity index (χ4v) is 1.86. The van der Waals surface area contributed by atoms with Crippen LogP contribution < -0.4 is 5.73 Å². The Balaban J connectivity index is 3.10. The Bertz CT molecular complexity index is 339. The summed E-state index contributed by atoms with van der Waals surface area (Å²) < 4.78 is 0. The van der Waals surface area contributed by atoms with Crippen molar-refractivity contribution in [1.29, 1.82) is 0 Å². The van der Waals surface area contributed by atoms with Crippen LogP contribution in [0.25, 0.3) is 0 Å². The number of aromatic hydroxyl groups is 1. The van der Waals surface area contributed by atoms with Crippen molar-refractivity contribution in [3.8, 4) is 5.75 Å². The van der Waals surface area contributed by atoms with Gasteiger partial charge in [-0.1, -0.05) is 6.07 Å². The van der Waals surface area contributed by atoms with E-state index in [1.54, 1.807) is 6.07 Å². The third-order valence-corrected chi connectivity index (χ3v) is 2.65. The monoisotopic (exact) mass is 211 g/mol. The topological polar surface area (TPSA) is 63.3 Å². The Morgan fingerprint density at radius 2 is 2.29 bits per heavy atom. The van der Waals surface area contributed by atoms with Crippen LogP contribution in [0.4, 0.5) is 0 Å². The summed E-state index contributed by atoms with van der Waals surface area (Å²) in [5.74, 6) is -0.0646. The van der Waals surface area contributed by atoms with Gasteiger partial charge >= 0.3 is 0 Å². The Labute approximate surface area is 87.3 Å². The molecular formula is C10H13NO2S. The van der Waals surface area contributed by atoms with Crippen LogP contribution in [0.15, 0.2) is 23.1 Å². The van der Waals surface area contributed by atoms with Gasteiger partial charge in [-0.2, -0.15) is 0 Å². The number of hydrogen-bond donors (Lipinski definition) is 2. The molecule has 4 heteroatoms. The highest BCUT2D eigenvalue weighted by atomic mass is 32.2. The van der Waals surface area contributed by atoms with Crippen LogP contribution in [0.1, 0.15) is 16.8 Å². The predicted molar refractivity (Wildman–Crippen MR) is 57.9 cm³/mol. The molecule has 0 spiro atoms. The first-order valence-corrected chi connectivity index (χ1v) is 5.52. The van der Waals surface area contributed by atoms with Crippen molar-refractivity contribution in [1.82, 2.24) is 0 Å². The van der Waals surface area contributed by atoms with Gasteiger partial charge < -0.3 is 10.8 Å². The molecule has 1 rings (SSSR count). The zero-order valence-corrected chi connectivity index (χ0v) is 8.80. The molecule has 76 valence electrons. The van der Waals surface area contributed by atoms with Crippen molar-refractivity contribution < 1.29 is 9.90 Å². The van der Waals surface area contributed by atoms with Crippen LogP contribution in [0.2, 0.25) is 0 Å². The first kappa shape index (κ1) is 11.1. The molecule has 0 atom stereocenters. The lowest BCUT2D eigenvalue weighted by atomic mass is 10.1. The lowest BCUT2D eigenvalue weighted by molar-refractivity contribution is 0.0980. The summed E-state index contributed by atoms with van der Waals surface area (Å²) in [4.78, 5) is 12.4. The second kappa shape index (κ2) is 5.02. The fourth-order valence-electron chi connectivity index (χ4n) is 1.23. The number of ketones is 1. The van der Waals surface area contributed by atoms with Crippen molar-refractivity contribution in [3.05, 3.63) is 23.8 Å². The average Bonchev–Trinajstić information content (AvgIpc) is 2.17. The van der Waals surface area contributed by atoms with E-state index in [0.29, 0.717) is 12.1 Å². The van der Waals surface area contributed by atoms with Gasteiger partial charge in [-0.05, 0) is 24.9 Å². The predicted octanol–water partition coefficient (Wildman–Crippen LogP) is 1.65. The van der Waals surface area contributed by atoms with Crippen LogP contribution in [-0.2, 0) is 0 Å². The second-order valence-electron chi connectivity index (χ2n) is 2.82. The van der Waals surface area contributed by atoms with Crippen molar-refractivity contribution in [2.45, 2.75) is 11.3 Å². The number of carbonyl (C=O) groups excluding carboxylic acids is 1. The van der Waals surface area contributed by atoms with Gasteiger partial charge in [0.1, 0.15) is 5.75 Å². The Morgan fingerprint density at radius 1 is 1.57 bits per heavy atom. The summed E-state index contributed by atoms with van der Waals surface area (Å²) in [6, 6.07) is 5.05. The molecule has 0 amide bonds. The smallest absolute Gasteiger partial charge is 0.168 e. The highest BCUT2D eigenvalue weighted by Gasteiger charge is 2.14. The van der Waals surface area contributed by atoms with Crippen molar-refractivity contribution >= 4 is 17.5 Å². The molecule has 0 unspecified atom stereocenters. The molecular weight excluding hydrogens is 198 g/mol. The molecule has 0 aliphatic rings. The quantitative estimate of drug-likeness (QED) is 0.587. The van der Waals surface area contributed by atoms with E-state index in [4.69, 9.17) is 5.73 Å². The van der Waals surface area contributed by atoms with Crippen LogP contribution in [0.3, 0.4) is 0 Å². The number of Topliss-reactive ketones (excluding diaryl/α,β-unsaturated/α-hetero) is 1. The van der Waals surface area contributed by atoms with Gasteiger partial charge in [-0.25, -0.2) is 0 Å². The van der Waals surface area contributed by atoms with Gasteiger partial charge in [0.05, 0.1) is 5.56 Å². The Hall–Kier alpha value is -1.00. The molecule has 0 saturated carbocycles. The van der Waals surface area contributed by atoms with Crippen molar-refractivity contribution in [3.63, 3.8) is 0 Å². The molecule has 0 saturated heterocycles. The van der Waals surface area contributed by atoms with E-state index in [-0.39, 0.29) is 18.0 Å². The van der Waals surface area contributed by atoms with Crippen LogP contribution in [0, 0.1) is 0 Å². The molecule has 0 fully saturated rings. The molecule has 1 aromatic rings. The minimum Gasteiger partial charge on any atom is -0.507 e. The van der Waals surface area contributed by atoms with Crippen molar-refractivity contribution in [2.24, 2.45) is 5.73 Å². The maximum atomic E-state index is 11.6. The summed E-state index contributed by atoms with van der Waals surface area (Å²) in [5, 5.41) is 9.54. The lowest BCUT2D eigenvalue weighted by Crippen LogP contribution is -2.09. The molecule has 0 heterocycles. The molecule has 1 aromatic carbocycles. The Kier molecular flexibility index (Phi) is 3.98. The first-order chi connectivity index (χ1) is 6.70. The summed E-state index contributed by atoms with van der Waals surface area (Å²) in [6.45, 7) is 0.307. The van der Waals surface area contributed by atoms with Gasteiger partial charge in [-0.15, -0.1) is 11.8 Å². The maximum absolute atomic E-state index is 11.6. The number of phenols is 1. The van der Waals surface area contributed by atoms with E-state index in [1.807, 2.05) is 12.3 Å². The van der Waals surface area contributed by atoms with Crippen LogP contribution in [0.5, 0.6) is 5.75 Å². The maximum Gasteiger partial charge on any atom is 0.168 e. The van der Waals surface area contributed by atoms with E-state index in [1.165, 1.54) is 17.8 Å². The van der Waals surface area contributed by atoms with E-state index in [9.17, 15) is 9.90 Å². The standard InChI is InChI=1S/C10H13NO2S/c1-14-9-4-2-3-7(12)10(9)8(13)5-6-11/h2-4,12H,5-6,11H2,1H3. The molecule has 0 aromatic heterocycles. The van der Waals surface area contributed by atoms with E-state index < -0.39 is 0 Å². The summed E-state index contributed by atoms with van der Waals surface area (Å²) in [6.07, 6.45) is 2.14. The zero-order chi connectivity index (χ0) is 10.6. The molecule has 0 aliphatic heterocycles. The number of benzene rings is 1.